The van der Waals surface area contributed by atoms with Gasteiger partial charge in [-0.1, -0.05) is 59.1 Å². The van der Waals surface area contributed by atoms with Gasteiger partial charge in [-0.2, -0.15) is 0 Å². The van der Waals surface area contributed by atoms with Crippen LogP contribution in [0.2, 0.25) is 0 Å². The highest BCUT2D eigenvalue weighted by atomic mass is 14.8. The molecule has 0 saturated heterocycles. The van der Waals surface area contributed by atoms with Crippen molar-refractivity contribution in [2.75, 3.05) is 0 Å². The van der Waals surface area contributed by atoms with Crippen LogP contribution in [0.15, 0.2) is 31.5 Å². The highest BCUT2D eigenvalue weighted by Gasteiger charge is 1.87. The molecule has 1 aromatic heterocycles. The molecule has 17 heavy (non-hydrogen) atoms. The Balaban J connectivity index is 0. The van der Waals surface area contributed by atoms with Crippen LogP contribution in [-0.4, -0.2) is 9.97 Å². The normalized spacial score (nSPS) is 10.6. The molecule has 0 N–H and O–H groups in total. The van der Waals surface area contributed by atoms with Crippen molar-refractivity contribution in [1.82, 2.24) is 9.97 Å². The van der Waals surface area contributed by atoms with Crippen molar-refractivity contribution in [2.24, 2.45) is 0 Å². The van der Waals surface area contributed by atoms with Crippen LogP contribution in [0, 0.1) is 6.92 Å². The third-order valence-corrected chi connectivity index (χ3v) is 1.54. The summed E-state index contributed by atoms with van der Waals surface area (Å²) in [5.41, 5.74) is 0. The lowest BCUT2D eigenvalue weighted by Crippen LogP contribution is -2.29. The predicted octanol–water partition coefficient (Wildman–Crippen LogP) is 2.77. The van der Waals surface area contributed by atoms with Crippen molar-refractivity contribution in [2.45, 2.75) is 34.6 Å². The Morgan fingerprint density at radius 3 is 2.00 bits per heavy atom. The van der Waals surface area contributed by atoms with E-state index in [4.69, 9.17) is 0 Å². The lowest BCUT2D eigenvalue weighted by atomic mass is 10.3. The van der Waals surface area contributed by atoms with E-state index in [9.17, 15) is 0 Å². The van der Waals surface area contributed by atoms with Crippen molar-refractivity contribution in [1.29, 1.82) is 0 Å². The first-order valence-electron chi connectivity index (χ1n) is 6.03. The molecule has 0 aromatic carbocycles. The molecule has 0 atom stereocenters. The highest BCUT2D eigenvalue weighted by Crippen LogP contribution is 1.74. The highest BCUT2D eigenvalue weighted by molar-refractivity contribution is 5.39. The first-order valence-corrected chi connectivity index (χ1v) is 6.03. The molecule has 0 unspecified atom stereocenters. The Hall–Kier alpha value is -1.70. The summed E-state index contributed by atoms with van der Waals surface area (Å²) < 4.78 is 0. The molecule has 2 nitrogen and oxygen atoms in total. The zero-order valence-electron chi connectivity index (χ0n) is 11.7. The van der Waals surface area contributed by atoms with E-state index in [-0.39, 0.29) is 0 Å². The third kappa shape index (κ3) is 7.23. The number of hydrogen-bond acceptors (Lipinski definition) is 2. The van der Waals surface area contributed by atoms with Gasteiger partial charge in [-0.3, -0.25) is 0 Å². The van der Waals surface area contributed by atoms with E-state index in [1.165, 1.54) is 0 Å². The largest absolute Gasteiger partial charge is 0.241 e. The quantitative estimate of drug-likeness (QED) is 0.783. The third-order valence-electron chi connectivity index (χ3n) is 1.54. The number of nitrogens with zero attached hydrogens (tertiary/aromatic N) is 2. The van der Waals surface area contributed by atoms with Gasteiger partial charge in [0.05, 0.1) is 5.35 Å². The van der Waals surface area contributed by atoms with E-state index in [2.05, 4.69) is 23.1 Å². The second-order valence-electron chi connectivity index (χ2n) is 2.56. The SMILES string of the molecule is C=C/C=c1/cnc(C)n/c1=C/C=C.CC.CC. The molecule has 0 radical (unpaired) electrons. The van der Waals surface area contributed by atoms with Gasteiger partial charge in [-0.05, 0) is 13.0 Å². The van der Waals surface area contributed by atoms with Crippen molar-refractivity contribution < 1.29 is 0 Å². The predicted molar refractivity (Wildman–Crippen MR) is 78.0 cm³/mol. The first kappa shape index (κ1) is 17.7. The summed E-state index contributed by atoms with van der Waals surface area (Å²) in [6, 6.07) is 0. The molecule has 0 aliphatic rings. The molecule has 0 spiro atoms. The molecule has 0 fully saturated rings. The fourth-order valence-corrected chi connectivity index (χ4v) is 0.997. The minimum atomic E-state index is 0.759. The van der Waals surface area contributed by atoms with Crippen LogP contribution in [0.3, 0.4) is 0 Å². The molecular formula is C15H24N2. The fourth-order valence-electron chi connectivity index (χ4n) is 0.997. The Kier molecular flexibility index (Phi) is 12.9. The second kappa shape index (κ2) is 12.4. The van der Waals surface area contributed by atoms with E-state index in [0.29, 0.717) is 0 Å². The van der Waals surface area contributed by atoms with Crippen molar-refractivity contribution >= 4 is 12.2 Å². The van der Waals surface area contributed by atoms with Crippen molar-refractivity contribution in [3.63, 3.8) is 0 Å². The maximum atomic E-state index is 4.26. The van der Waals surface area contributed by atoms with Gasteiger partial charge in [-0.25, -0.2) is 9.97 Å². The van der Waals surface area contributed by atoms with Gasteiger partial charge in [-0.15, -0.1) is 0 Å². The van der Waals surface area contributed by atoms with E-state index >= 15 is 0 Å². The molecule has 0 saturated carbocycles. The Labute approximate surface area is 105 Å². The maximum Gasteiger partial charge on any atom is 0.125 e. The van der Waals surface area contributed by atoms with Crippen LogP contribution >= 0.6 is 0 Å². The van der Waals surface area contributed by atoms with E-state index in [0.717, 1.165) is 16.4 Å². The average Bonchev–Trinajstić information content (AvgIpc) is 2.38. The van der Waals surface area contributed by atoms with Crippen LogP contribution in [0.25, 0.3) is 12.2 Å². The van der Waals surface area contributed by atoms with Crippen LogP contribution < -0.4 is 10.6 Å². The van der Waals surface area contributed by atoms with Crippen molar-refractivity contribution in [3.05, 3.63) is 47.9 Å². The molecule has 1 aromatic rings. The Bertz CT molecular complexity index is 431. The van der Waals surface area contributed by atoms with E-state index in [1.54, 1.807) is 18.3 Å². The molecular weight excluding hydrogens is 208 g/mol. The van der Waals surface area contributed by atoms with Crippen LogP contribution in [-0.2, 0) is 0 Å². The lowest BCUT2D eigenvalue weighted by molar-refractivity contribution is 1.01. The van der Waals surface area contributed by atoms with Crippen molar-refractivity contribution in [3.8, 4) is 0 Å². The monoisotopic (exact) mass is 232 g/mol. The summed E-state index contributed by atoms with van der Waals surface area (Å²) in [5, 5.41) is 1.84. The zero-order valence-corrected chi connectivity index (χ0v) is 11.7. The van der Waals surface area contributed by atoms with Gasteiger partial charge in [0.1, 0.15) is 5.82 Å². The topological polar surface area (TPSA) is 25.8 Å². The molecule has 0 aliphatic carbocycles. The summed E-state index contributed by atoms with van der Waals surface area (Å²) in [6.45, 7) is 17.1. The summed E-state index contributed by atoms with van der Waals surface area (Å²) >= 11 is 0. The number of rotatable bonds is 2. The number of aromatic nitrogens is 2. The molecule has 0 bridgehead atoms. The van der Waals surface area contributed by atoms with Gasteiger partial charge in [0.2, 0.25) is 0 Å². The molecule has 2 heteroatoms. The summed E-state index contributed by atoms with van der Waals surface area (Å²) in [7, 11) is 0. The zero-order chi connectivity index (χ0) is 13.7. The smallest absolute Gasteiger partial charge is 0.125 e. The second-order valence-corrected chi connectivity index (χ2v) is 2.56. The lowest BCUT2D eigenvalue weighted by Gasteiger charge is -1.90. The van der Waals surface area contributed by atoms with Crippen LogP contribution in [0.5, 0.6) is 0 Å². The molecule has 0 aliphatic heterocycles. The maximum absolute atomic E-state index is 4.26. The fraction of sp³-hybridized carbons (Fsp3) is 0.333. The van der Waals surface area contributed by atoms with Gasteiger partial charge < -0.3 is 0 Å². The number of aryl methyl sites for hydroxylation is 1. The van der Waals surface area contributed by atoms with Gasteiger partial charge >= 0.3 is 0 Å². The van der Waals surface area contributed by atoms with Gasteiger partial charge in [0.25, 0.3) is 0 Å². The minimum absolute atomic E-state index is 0.759. The minimum Gasteiger partial charge on any atom is -0.241 e. The van der Waals surface area contributed by atoms with Gasteiger partial charge in [0, 0.05) is 11.4 Å². The van der Waals surface area contributed by atoms with E-state index < -0.39 is 0 Å². The Morgan fingerprint density at radius 2 is 1.53 bits per heavy atom. The molecule has 0 amide bonds. The summed E-state index contributed by atoms with van der Waals surface area (Å²) in [5.74, 6) is 0.759. The summed E-state index contributed by atoms with van der Waals surface area (Å²) in [6.07, 6.45) is 8.93. The number of hydrogen-bond donors (Lipinski definition) is 0. The molecule has 94 valence electrons. The Morgan fingerprint density at radius 1 is 1.00 bits per heavy atom. The number of allylic oxidation sites excluding steroid dienone is 2. The van der Waals surface area contributed by atoms with Gasteiger partial charge in [0.15, 0.2) is 0 Å². The summed E-state index contributed by atoms with van der Waals surface area (Å²) in [4.78, 5) is 8.36. The molecule has 1 rings (SSSR count). The van der Waals surface area contributed by atoms with Crippen LogP contribution in [0.1, 0.15) is 33.5 Å². The first-order chi connectivity index (χ1) is 8.27. The standard InChI is InChI=1S/C11H12N2.2C2H6/c1-4-6-10-8-12-9(3)13-11(10)7-5-2;2*1-2/h4-8H,1-2H2,3H3;2*1-2H3/b10-6-,11-7+;;. The van der Waals surface area contributed by atoms with Crippen LogP contribution in [0.4, 0.5) is 0 Å². The van der Waals surface area contributed by atoms with E-state index in [1.807, 2.05) is 46.8 Å². The molecule has 1 heterocycles. The average molecular weight is 232 g/mol.